The second kappa shape index (κ2) is 5.37. The lowest BCUT2D eigenvalue weighted by Gasteiger charge is -2.12. The minimum atomic E-state index is 0.106. The molecule has 0 aliphatic rings. The van der Waals surface area contributed by atoms with Crippen molar-refractivity contribution in [1.82, 2.24) is 14.6 Å². The Balaban J connectivity index is 2.09. The van der Waals surface area contributed by atoms with Crippen LogP contribution in [0.15, 0.2) is 36.4 Å². The molecule has 21 heavy (non-hydrogen) atoms. The van der Waals surface area contributed by atoms with E-state index in [1.807, 2.05) is 37.3 Å². The van der Waals surface area contributed by atoms with Crippen molar-refractivity contribution in [2.75, 3.05) is 0 Å². The van der Waals surface area contributed by atoms with Gasteiger partial charge >= 0.3 is 0 Å². The third-order valence-corrected chi connectivity index (χ3v) is 3.84. The van der Waals surface area contributed by atoms with Gasteiger partial charge in [-0.1, -0.05) is 30.7 Å². The summed E-state index contributed by atoms with van der Waals surface area (Å²) in [7, 11) is 0. The van der Waals surface area contributed by atoms with Crippen LogP contribution in [0, 0.1) is 6.92 Å². The maximum absolute atomic E-state index is 9.97. The van der Waals surface area contributed by atoms with Crippen molar-refractivity contribution in [3.05, 3.63) is 58.4 Å². The number of benzene rings is 1. The van der Waals surface area contributed by atoms with E-state index in [-0.39, 0.29) is 11.8 Å². The summed E-state index contributed by atoms with van der Waals surface area (Å²) in [4.78, 5) is 4.40. The highest BCUT2D eigenvalue weighted by Gasteiger charge is 2.17. The van der Waals surface area contributed by atoms with Crippen LogP contribution < -0.4 is 0 Å². The summed E-state index contributed by atoms with van der Waals surface area (Å²) in [5, 5.41) is 15.2. The smallest absolute Gasteiger partial charge is 0.215 e. The molecule has 4 nitrogen and oxygen atoms in total. The van der Waals surface area contributed by atoms with E-state index in [1.165, 1.54) is 4.52 Å². The highest BCUT2D eigenvalue weighted by atomic mass is 35.5. The molecule has 0 saturated heterocycles. The molecule has 0 radical (unpaired) electrons. The van der Waals surface area contributed by atoms with Crippen LogP contribution in [0.5, 0.6) is 5.88 Å². The number of aromatic hydroxyl groups is 1. The zero-order valence-electron chi connectivity index (χ0n) is 11.9. The summed E-state index contributed by atoms with van der Waals surface area (Å²) in [6.45, 7) is 3.96. The lowest BCUT2D eigenvalue weighted by Crippen LogP contribution is -2.01. The average Bonchev–Trinajstić information content (AvgIpc) is 2.85. The Morgan fingerprint density at radius 1 is 1.24 bits per heavy atom. The molecule has 0 amide bonds. The van der Waals surface area contributed by atoms with Crippen LogP contribution in [-0.2, 0) is 0 Å². The summed E-state index contributed by atoms with van der Waals surface area (Å²) >= 11 is 5.95. The molecule has 0 fully saturated rings. The molecule has 108 valence electrons. The van der Waals surface area contributed by atoms with E-state index in [1.54, 1.807) is 6.07 Å². The van der Waals surface area contributed by atoms with Crippen molar-refractivity contribution in [2.45, 2.75) is 26.2 Å². The van der Waals surface area contributed by atoms with Crippen molar-refractivity contribution in [3.63, 3.8) is 0 Å². The summed E-state index contributed by atoms with van der Waals surface area (Å²) in [5.74, 6) is 0.262. The van der Waals surface area contributed by atoms with E-state index >= 15 is 0 Å². The molecule has 0 spiro atoms. The Morgan fingerprint density at radius 2 is 1.95 bits per heavy atom. The Hall–Kier alpha value is -2.07. The number of hydrogen-bond donors (Lipinski definition) is 1. The van der Waals surface area contributed by atoms with E-state index in [0.29, 0.717) is 5.65 Å². The zero-order chi connectivity index (χ0) is 15.0. The molecule has 5 heteroatoms. The fourth-order valence-corrected chi connectivity index (χ4v) is 2.71. The lowest BCUT2D eigenvalue weighted by molar-refractivity contribution is 0.433. The SMILES string of the molecule is CCC(c1ccc(Cl)cc1)c1cc2nc(C)cc(O)n2n1. The monoisotopic (exact) mass is 301 g/mol. The fourth-order valence-electron chi connectivity index (χ4n) is 2.58. The van der Waals surface area contributed by atoms with Crippen molar-refractivity contribution < 1.29 is 5.11 Å². The molecular weight excluding hydrogens is 286 g/mol. The molecule has 0 saturated carbocycles. The molecule has 1 atom stereocenters. The van der Waals surface area contributed by atoms with E-state index in [0.717, 1.165) is 28.4 Å². The van der Waals surface area contributed by atoms with E-state index < -0.39 is 0 Å². The van der Waals surface area contributed by atoms with Gasteiger partial charge in [-0.3, -0.25) is 0 Å². The first-order valence-electron chi connectivity index (χ1n) is 6.90. The Morgan fingerprint density at radius 3 is 2.62 bits per heavy atom. The van der Waals surface area contributed by atoms with Gasteiger partial charge in [0.05, 0.1) is 5.69 Å². The summed E-state index contributed by atoms with van der Waals surface area (Å²) in [6.07, 6.45) is 0.908. The molecule has 0 aliphatic carbocycles. The zero-order valence-corrected chi connectivity index (χ0v) is 12.7. The number of rotatable bonds is 3. The van der Waals surface area contributed by atoms with Gasteiger partial charge in [-0.2, -0.15) is 9.61 Å². The largest absolute Gasteiger partial charge is 0.493 e. The molecule has 2 heterocycles. The van der Waals surface area contributed by atoms with Gasteiger partial charge in [-0.15, -0.1) is 0 Å². The summed E-state index contributed by atoms with van der Waals surface area (Å²) in [6, 6.07) is 11.3. The van der Waals surface area contributed by atoms with Gasteiger partial charge in [0.2, 0.25) is 5.88 Å². The van der Waals surface area contributed by atoms with Gasteiger partial charge < -0.3 is 5.11 Å². The van der Waals surface area contributed by atoms with Gasteiger partial charge in [-0.05, 0) is 31.0 Å². The third-order valence-electron chi connectivity index (χ3n) is 3.59. The fraction of sp³-hybridized carbons (Fsp3) is 0.250. The van der Waals surface area contributed by atoms with Crippen LogP contribution in [0.3, 0.4) is 0 Å². The van der Waals surface area contributed by atoms with Crippen LogP contribution in [-0.4, -0.2) is 19.7 Å². The van der Waals surface area contributed by atoms with Crippen molar-refractivity contribution in [2.24, 2.45) is 0 Å². The molecule has 1 unspecified atom stereocenters. The Bertz CT molecular complexity index is 780. The second-order valence-electron chi connectivity index (χ2n) is 5.11. The predicted octanol–water partition coefficient (Wildman–Crippen LogP) is 3.94. The quantitative estimate of drug-likeness (QED) is 0.797. The summed E-state index contributed by atoms with van der Waals surface area (Å²) in [5.41, 5.74) is 3.48. The number of aryl methyl sites for hydroxylation is 1. The molecule has 3 rings (SSSR count). The van der Waals surface area contributed by atoms with Gasteiger partial charge in [0.25, 0.3) is 0 Å². The van der Waals surface area contributed by atoms with E-state index in [4.69, 9.17) is 11.6 Å². The van der Waals surface area contributed by atoms with E-state index in [2.05, 4.69) is 17.0 Å². The normalized spacial score (nSPS) is 12.7. The van der Waals surface area contributed by atoms with Gasteiger partial charge in [-0.25, -0.2) is 4.98 Å². The van der Waals surface area contributed by atoms with Crippen LogP contribution in [0.25, 0.3) is 5.65 Å². The maximum atomic E-state index is 9.97. The Kier molecular flexibility index (Phi) is 3.55. The van der Waals surface area contributed by atoms with Crippen LogP contribution in [0.1, 0.15) is 36.2 Å². The predicted molar refractivity (Wildman–Crippen MR) is 83.0 cm³/mol. The minimum absolute atomic E-state index is 0.106. The third kappa shape index (κ3) is 2.59. The van der Waals surface area contributed by atoms with Crippen molar-refractivity contribution in [1.29, 1.82) is 0 Å². The number of hydrogen-bond acceptors (Lipinski definition) is 3. The van der Waals surface area contributed by atoms with Crippen LogP contribution in [0.2, 0.25) is 5.02 Å². The maximum Gasteiger partial charge on any atom is 0.215 e. The second-order valence-corrected chi connectivity index (χ2v) is 5.54. The first-order valence-corrected chi connectivity index (χ1v) is 7.28. The highest BCUT2D eigenvalue weighted by molar-refractivity contribution is 6.30. The van der Waals surface area contributed by atoms with Gasteiger partial charge in [0.1, 0.15) is 0 Å². The van der Waals surface area contributed by atoms with Gasteiger partial charge in [0.15, 0.2) is 5.65 Å². The summed E-state index contributed by atoms with van der Waals surface area (Å²) < 4.78 is 1.47. The van der Waals surface area contributed by atoms with Gasteiger partial charge in [0, 0.05) is 28.8 Å². The minimum Gasteiger partial charge on any atom is -0.493 e. The first kappa shape index (κ1) is 13.9. The topological polar surface area (TPSA) is 50.4 Å². The first-order chi connectivity index (χ1) is 10.1. The van der Waals surface area contributed by atoms with Crippen LogP contribution in [0.4, 0.5) is 0 Å². The molecule has 0 aliphatic heterocycles. The standard InChI is InChI=1S/C16H16ClN3O/c1-3-13(11-4-6-12(17)7-5-11)14-9-15-18-10(2)8-16(21)20(15)19-14/h4-9,13,21H,3H2,1-2H3. The van der Waals surface area contributed by atoms with E-state index in [9.17, 15) is 5.11 Å². The molecular formula is C16H16ClN3O. The lowest BCUT2D eigenvalue weighted by atomic mass is 9.93. The number of aromatic nitrogens is 3. The molecule has 3 aromatic rings. The molecule has 2 aromatic heterocycles. The number of halogens is 1. The Labute approximate surface area is 128 Å². The average molecular weight is 302 g/mol. The molecule has 1 aromatic carbocycles. The highest BCUT2D eigenvalue weighted by Crippen LogP contribution is 2.29. The van der Waals surface area contributed by atoms with Crippen molar-refractivity contribution in [3.8, 4) is 5.88 Å². The van der Waals surface area contributed by atoms with Crippen LogP contribution >= 0.6 is 11.6 Å². The van der Waals surface area contributed by atoms with Crippen molar-refractivity contribution >= 4 is 17.2 Å². The number of fused-ring (bicyclic) bond motifs is 1. The molecule has 1 N–H and O–H groups in total. The molecule has 0 bridgehead atoms. The number of nitrogens with zero attached hydrogens (tertiary/aromatic N) is 3.